The Morgan fingerprint density at radius 1 is 1.04 bits per heavy atom. The van der Waals surface area contributed by atoms with Crippen LogP contribution in [-0.2, 0) is 13.1 Å². The van der Waals surface area contributed by atoms with Crippen molar-refractivity contribution in [1.29, 1.82) is 0 Å². The van der Waals surface area contributed by atoms with Crippen LogP contribution in [0.1, 0.15) is 18.1 Å². The molecule has 6 nitrogen and oxygen atoms in total. The van der Waals surface area contributed by atoms with Crippen LogP contribution in [0.2, 0.25) is 0 Å². The molecule has 0 saturated carbocycles. The van der Waals surface area contributed by atoms with Gasteiger partial charge >= 0.3 is 0 Å². The number of nitrogens with zero attached hydrogens (tertiary/aromatic N) is 1. The van der Waals surface area contributed by atoms with E-state index in [9.17, 15) is 0 Å². The Morgan fingerprint density at radius 2 is 1.85 bits per heavy atom. The minimum atomic E-state index is -0.0334. The first-order valence-electron chi connectivity index (χ1n) is 8.73. The van der Waals surface area contributed by atoms with Gasteiger partial charge in [-0.2, -0.15) is 0 Å². The Morgan fingerprint density at radius 3 is 2.54 bits per heavy atom. The molecule has 0 unspecified atom stereocenters. The van der Waals surface area contributed by atoms with Gasteiger partial charge in [0.05, 0.1) is 20.3 Å². The number of guanidine groups is 1. The summed E-state index contributed by atoms with van der Waals surface area (Å²) >= 11 is 0. The summed E-state index contributed by atoms with van der Waals surface area (Å²) in [5, 5.41) is 15.5. The van der Waals surface area contributed by atoms with E-state index in [0.717, 1.165) is 18.1 Å². The number of rotatable bonds is 9. The molecule has 0 amide bonds. The second-order valence-electron chi connectivity index (χ2n) is 5.59. The maximum Gasteiger partial charge on any atom is 0.191 e. The summed E-state index contributed by atoms with van der Waals surface area (Å²) in [5.74, 6) is 2.01. The molecule has 0 fully saturated rings. The first kappa shape index (κ1) is 19.6. The van der Waals surface area contributed by atoms with Gasteiger partial charge in [-0.1, -0.05) is 36.4 Å². The standard InChI is InChI=1S/C20H27N3O3/c1-3-21-20(22-14-16-7-5-4-6-8-16)23-15-17-9-10-18(26-12-11-24)19(13-17)25-2/h4-10,13,24H,3,11-12,14-15H2,1-2H3,(H2,21,22,23). The van der Waals surface area contributed by atoms with Gasteiger partial charge in [-0.25, -0.2) is 4.99 Å². The molecule has 0 atom stereocenters. The average molecular weight is 357 g/mol. The smallest absolute Gasteiger partial charge is 0.191 e. The number of nitrogens with one attached hydrogen (secondary N) is 2. The number of aliphatic hydroxyl groups is 1. The molecule has 3 N–H and O–H groups in total. The van der Waals surface area contributed by atoms with Crippen molar-refractivity contribution in [1.82, 2.24) is 10.6 Å². The molecular weight excluding hydrogens is 330 g/mol. The predicted molar refractivity (Wildman–Crippen MR) is 104 cm³/mol. The van der Waals surface area contributed by atoms with Gasteiger partial charge in [0.2, 0.25) is 0 Å². The predicted octanol–water partition coefficient (Wildman–Crippen LogP) is 2.32. The largest absolute Gasteiger partial charge is 0.493 e. The van der Waals surface area contributed by atoms with Crippen LogP contribution in [-0.4, -0.2) is 37.9 Å². The van der Waals surface area contributed by atoms with E-state index in [-0.39, 0.29) is 13.2 Å². The number of benzene rings is 2. The normalized spacial score (nSPS) is 11.1. The molecule has 0 bridgehead atoms. The molecule has 0 saturated heterocycles. The van der Waals surface area contributed by atoms with E-state index in [0.29, 0.717) is 24.6 Å². The van der Waals surface area contributed by atoms with Crippen molar-refractivity contribution < 1.29 is 14.6 Å². The Labute approximate surface area is 154 Å². The molecule has 0 heterocycles. The SMILES string of the molecule is CCNC(=NCc1ccc(OCCO)c(OC)c1)NCc1ccccc1. The number of hydrogen-bond donors (Lipinski definition) is 3. The highest BCUT2D eigenvalue weighted by molar-refractivity contribution is 5.79. The van der Waals surface area contributed by atoms with Gasteiger partial charge in [-0.15, -0.1) is 0 Å². The van der Waals surface area contributed by atoms with Crippen molar-refractivity contribution in [2.75, 3.05) is 26.9 Å². The summed E-state index contributed by atoms with van der Waals surface area (Å²) in [6.45, 7) is 4.26. The van der Waals surface area contributed by atoms with E-state index >= 15 is 0 Å². The van der Waals surface area contributed by atoms with Gasteiger partial charge in [-0.3, -0.25) is 0 Å². The molecule has 6 heteroatoms. The third-order valence-corrected chi connectivity index (χ3v) is 3.64. The number of aliphatic imine (C=N–C) groups is 1. The summed E-state index contributed by atoms with van der Waals surface area (Å²) in [5.41, 5.74) is 2.21. The summed E-state index contributed by atoms with van der Waals surface area (Å²) in [6, 6.07) is 15.9. The molecule has 0 aliphatic heterocycles. The summed E-state index contributed by atoms with van der Waals surface area (Å²) in [6.07, 6.45) is 0. The minimum Gasteiger partial charge on any atom is -0.493 e. The number of hydrogen-bond acceptors (Lipinski definition) is 4. The molecule has 0 aliphatic carbocycles. The van der Waals surface area contributed by atoms with Crippen molar-refractivity contribution in [3.63, 3.8) is 0 Å². The highest BCUT2D eigenvalue weighted by Gasteiger charge is 2.06. The second kappa shape index (κ2) is 11.0. The number of aliphatic hydroxyl groups excluding tert-OH is 1. The van der Waals surface area contributed by atoms with Crippen LogP contribution in [0, 0.1) is 0 Å². The Bertz CT molecular complexity index is 690. The lowest BCUT2D eigenvalue weighted by molar-refractivity contribution is 0.196. The van der Waals surface area contributed by atoms with Gasteiger partial charge in [0.15, 0.2) is 17.5 Å². The topological polar surface area (TPSA) is 75.1 Å². The zero-order valence-corrected chi connectivity index (χ0v) is 15.4. The molecule has 2 aromatic carbocycles. The fourth-order valence-corrected chi connectivity index (χ4v) is 2.38. The number of ether oxygens (including phenoxy) is 2. The van der Waals surface area contributed by atoms with Crippen molar-refractivity contribution in [2.45, 2.75) is 20.0 Å². The lowest BCUT2D eigenvalue weighted by Crippen LogP contribution is -2.36. The molecule has 0 radical (unpaired) electrons. The Kier molecular flexibility index (Phi) is 8.29. The zero-order chi connectivity index (χ0) is 18.6. The second-order valence-corrected chi connectivity index (χ2v) is 5.59. The summed E-state index contributed by atoms with van der Waals surface area (Å²) < 4.78 is 10.8. The van der Waals surface area contributed by atoms with Crippen molar-refractivity contribution in [3.8, 4) is 11.5 Å². The van der Waals surface area contributed by atoms with E-state index in [1.165, 1.54) is 5.56 Å². The Balaban J connectivity index is 2.01. The molecule has 0 aromatic heterocycles. The highest BCUT2D eigenvalue weighted by Crippen LogP contribution is 2.28. The van der Waals surface area contributed by atoms with E-state index in [2.05, 4.69) is 27.8 Å². The quantitative estimate of drug-likeness (QED) is 0.474. The van der Waals surface area contributed by atoms with Crippen LogP contribution in [0.3, 0.4) is 0 Å². The maximum atomic E-state index is 8.88. The lowest BCUT2D eigenvalue weighted by Gasteiger charge is -2.13. The fourth-order valence-electron chi connectivity index (χ4n) is 2.38. The van der Waals surface area contributed by atoms with Crippen molar-refractivity contribution in [3.05, 3.63) is 59.7 Å². The van der Waals surface area contributed by atoms with Crippen LogP contribution < -0.4 is 20.1 Å². The molecule has 0 aliphatic rings. The highest BCUT2D eigenvalue weighted by atomic mass is 16.5. The summed E-state index contributed by atoms with van der Waals surface area (Å²) in [4.78, 5) is 4.62. The monoisotopic (exact) mass is 357 g/mol. The molecule has 2 aromatic rings. The van der Waals surface area contributed by atoms with E-state index in [1.807, 2.05) is 43.3 Å². The zero-order valence-electron chi connectivity index (χ0n) is 15.4. The molecule has 0 spiro atoms. The van der Waals surface area contributed by atoms with E-state index in [1.54, 1.807) is 7.11 Å². The first-order chi connectivity index (χ1) is 12.8. The van der Waals surface area contributed by atoms with Crippen LogP contribution in [0.25, 0.3) is 0 Å². The van der Waals surface area contributed by atoms with Crippen LogP contribution in [0.5, 0.6) is 11.5 Å². The van der Waals surface area contributed by atoms with Crippen molar-refractivity contribution >= 4 is 5.96 Å². The maximum absolute atomic E-state index is 8.88. The van der Waals surface area contributed by atoms with Gasteiger partial charge in [0.1, 0.15) is 6.61 Å². The van der Waals surface area contributed by atoms with Crippen LogP contribution >= 0.6 is 0 Å². The van der Waals surface area contributed by atoms with Gasteiger partial charge in [-0.05, 0) is 30.2 Å². The van der Waals surface area contributed by atoms with Gasteiger partial charge < -0.3 is 25.2 Å². The average Bonchev–Trinajstić information content (AvgIpc) is 2.69. The minimum absolute atomic E-state index is 0.0334. The molecular formula is C20H27N3O3. The van der Waals surface area contributed by atoms with E-state index in [4.69, 9.17) is 14.6 Å². The summed E-state index contributed by atoms with van der Waals surface area (Å²) in [7, 11) is 1.60. The lowest BCUT2D eigenvalue weighted by atomic mass is 10.2. The van der Waals surface area contributed by atoms with Crippen LogP contribution in [0.4, 0.5) is 0 Å². The van der Waals surface area contributed by atoms with E-state index < -0.39 is 0 Å². The Hall–Kier alpha value is -2.73. The molecule has 26 heavy (non-hydrogen) atoms. The third kappa shape index (κ3) is 6.29. The molecule has 2 rings (SSSR count). The van der Waals surface area contributed by atoms with Crippen LogP contribution in [0.15, 0.2) is 53.5 Å². The fraction of sp³-hybridized carbons (Fsp3) is 0.350. The first-order valence-corrected chi connectivity index (χ1v) is 8.73. The van der Waals surface area contributed by atoms with Crippen molar-refractivity contribution in [2.24, 2.45) is 4.99 Å². The van der Waals surface area contributed by atoms with Gasteiger partial charge in [0.25, 0.3) is 0 Å². The molecule has 140 valence electrons. The number of methoxy groups -OCH3 is 1. The third-order valence-electron chi connectivity index (χ3n) is 3.64. The van der Waals surface area contributed by atoms with Gasteiger partial charge in [0, 0.05) is 13.1 Å².